The molecule has 2 atom stereocenters. The van der Waals surface area contributed by atoms with Gasteiger partial charge in [-0.2, -0.15) is 0 Å². The van der Waals surface area contributed by atoms with Gasteiger partial charge in [0.25, 0.3) is 0 Å². The van der Waals surface area contributed by atoms with Crippen molar-refractivity contribution >= 4 is 22.6 Å². The fourth-order valence-corrected chi connectivity index (χ4v) is 5.31. The summed E-state index contributed by atoms with van der Waals surface area (Å²) in [4.78, 5) is 22.3. The summed E-state index contributed by atoms with van der Waals surface area (Å²) in [5.74, 6) is 0.271. The van der Waals surface area contributed by atoms with E-state index < -0.39 is 0 Å². The van der Waals surface area contributed by atoms with Gasteiger partial charge >= 0.3 is 6.03 Å². The van der Waals surface area contributed by atoms with Crippen LogP contribution in [0.15, 0.2) is 42.6 Å². The third-order valence-corrected chi connectivity index (χ3v) is 7.36. The van der Waals surface area contributed by atoms with Crippen molar-refractivity contribution in [2.24, 2.45) is 0 Å². The molecule has 8 nitrogen and oxygen atoms in total. The lowest BCUT2D eigenvalue weighted by Crippen LogP contribution is -2.47. The molecule has 0 saturated heterocycles. The second kappa shape index (κ2) is 11.3. The number of aromatic nitrogens is 2. The lowest BCUT2D eigenvalue weighted by molar-refractivity contribution is 0.0914. The van der Waals surface area contributed by atoms with Gasteiger partial charge in [0.1, 0.15) is 17.2 Å². The number of benzene rings is 1. The molecule has 37 heavy (non-hydrogen) atoms. The number of aromatic amines is 1. The Labute approximate surface area is 215 Å². The molecule has 1 saturated carbocycles. The van der Waals surface area contributed by atoms with E-state index in [9.17, 15) is 14.3 Å². The first-order chi connectivity index (χ1) is 18.0. The minimum atomic E-state index is -0.327. The average Bonchev–Trinajstić information content (AvgIpc) is 3.36. The molecule has 2 aliphatic rings. The van der Waals surface area contributed by atoms with Gasteiger partial charge < -0.3 is 30.4 Å². The fourth-order valence-electron chi connectivity index (χ4n) is 5.31. The van der Waals surface area contributed by atoms with E-state index in [1.54, 1.807) is 24.3 Å². The number of hydrogen-bond donors (Lipinski definition) is 4. The first-order valence-corrected chi connectivity index (χ1v) is 13.0. The predicted molar refractivity (Wildman–Crippen MR) is 142 cm³/mol. The molecule has 5 rings (SSSR count). The molecule has 2 amide bonds. The Kier molecular flexibility index (Phi) is 7.71. The molecule has 0 bridgehead atoms. The van der Waals surface area contributed by atoms with E-state index in [0.29, 0.717) is 43.9 Å². The van der Waals surface area contributed by atoms with Gasteiger partial charge in [-0.1, -0.05) is 18.9 Å². The number of aliphatic hydroxyl groups is 1. The largest absolute Gasteiger partial charge is 0.496 e. The van der Waals surface area contributed by atoms with Crippen molar-refractivity contribution < 1.29 is 19.0 Å². The van der Waals surface area contributed by atoms with E-state index in [-0.39, 0.29) is 24.0 Å². The molecular formula is C28H34FN5O3. The Morgan fingerprint density at radius 3 is 2.86 bits per heavy atom. The highest BCUT2D eigenvalue weighted by Crippen LogP contribution is 2.36. The van der Waals surface area contributed by atoms with Gasteiger partial charge in [0, 0.05) is 55.1 Å². The highest BCUT2D eigenvalue weighted by atomic mass is 19.1. The summed E-state index contributed by atoms with van der Waals surface area (Å²) in [7, 11) is 1.57. The Bertz CT molecular complexity index is 1290. The number of H-pyrrole nitrogens is 1. The number of nitrogens with zero attached hydrogens (tertiary/aromatic N) is 2. The molecule has 3 aromatic rings. The van der Waals surface area contributed by atoms with E-state index >= 15 is 0 Å². The molecule has 2 aromatic heterocycles. The smallest absolute Gasteiger partial charge is 0.317 e. The number of halogens is 1. The van der Waals surface area contributed by atoms with Crippen molar-refractivity contribution in [1.82, 2.24) is 25.5 Å². The number of amides is 2. The number of rotatable bonds is 7. The second-order valence-corrected chi connectivity index (χ2v) is 9.72. The zero-order valence-corrected chi connectivity index (χ0v) is 21.1. The maximum Gasteiger partial charge on any atom is 0.317 e. The van der Waals surface area contributed by atoms with Gasteiger partial charge in [0.15, 0.2) is 0 Å². The Balaban J connectivity index is 1.22. The van der Waals surface area contributed by atoms with Gasteiger partial charge in [0.05, 0.1) is 13.2 Å². The van der Waals surface area contributed by atoms with Crippen LogP contribution in [0.1, 0.15) is 37.8 Å². The van der Waals surface area contributed by atoms with Gasteiger partial charge in [-0.15, -0.1) is 0 Å². The minimum Gasteiger partial charge on any atom is -0.496 e. The van der Waals surface area contributed by atoms with Crippen LogP contribution in [0, 0.1) is 5.82 Å². The van der Waals surface area contributed by atoms with Crippen LogP contribution in [0.5, 0.6) is 5.75 Å². The SMILES string of the molecule is COc1ccc(F)cc1-c1ccnc2[nH]c(C3=CCN(C(=O)NCCN[C@H]4CCCC[C@@H]4O)CC3)cc12. The first kappa shape index (κ1) is 25.2. The van der Waals surface area contributed by atoms with Crippen LogP contribution >= 0.6 is 0 Å². The summed E-state index contributed by atoms with van der Waals surface area (Å²) in [5.41, 5.74) is 4.30. The third kappa shape index (κ3) is 5.62. The van der Waals surface area contributed by atoms with Gasteiger partial charge in [-0.25, -0.2) is 14.2 Å². The third-order valence-electron chi connectivity index (χ3n) is 7.36. The molecule has 9 heteroatoms. The number of carbonyl (C=O) groups excluding carboxylic acids is 1. The summed E-state index contributed by atoms with van der Waals surface area (Å²) < 4.78 is 19.5. The number of hydrogen-bond acceptors (Lipinski definition) is 5. The standard InChI is InChI=1S/C28H34FN5O3/c1-37-26-7-6-19(29)16-21(26)20-8-11-31-27-22(20)17-24(33-27)18-9-14-34(15-10-18)28(36)32-13-12-30-23-4-2-3-5-25(23)35/h6-9,11,16-17,23,25,30,35H,2-5,10,12-15H2,1H3,(H,31,33)(H,32,36)/t23-,25-/m0/s1. The molecular weight excluding hydrogens is 473 g/mol. The lowest BCUT2D eigenvalue weighted by Gasteiger charge is -2.29. The van der Waals surface area contributed by atoms with Crippen LogP contribution in [0.25, 0.3) is 27.7 Å². The van der Waals surface area contributed by atoms with Gasteiger partial charge in [0.2, 0.25) is 0 Å². The minimum absolute atomic E-state index is 0.0832. The van der Waals surface area contributed by atoms with Crippen LogP contribution in [0.4, 0.5) is 9.18 Å². The number of aliphatic hydroxyl groups excluding tert-OH is 1. The van der Waals surface area contributed by atoms with Crippen molar-refractivity contribution in [3.05, 3.63) is 54.1 Å². The molecule has 1 aliphatic carbocycles. The van der Waals surface area contributed by atoms with Crippen LogP contribution in [-0.4, -0.2) is 71.4 Å². The van der Waals surface area contributed by atoms with Gasteiger partial charge in [-0.3, -0.25) is 0 Å². The Morgan fingerprint density at radius 1 is 1.22 bits per heavy atom. The molecule has 0 spiro atoms. The van der Waals surface area contributed by atoms with Crippen molar-refractivity contribution in [2.75, 3.05) is 33.3 Å². The molecule has 0 radical (unpaired) electrons. The van der Waals surface area contributed by atoms with Crippen molar-refractivity contribution in [3.63, 3.8) is 0 Å². The number of urea groups is 1. The maximum atomic E-state index is 14.0. The molecule has 0 unspecified atom stereocenters. The zero-order chi connectivity index (χ0) is 25.8. The lowest BCUT2D eigenvalue weighted by atomic mass is 9.93. The number of nitrogens with one attached hydrogen (secondary N) is 3. The van der Waals surface area contributed by atoms with E-state index in [0.717, 1.165) is 53.5 Å². The molecule has 196 valence electrons. The number of ether oxygens (including phenoxy) is 1. The summed E-state index contributed by atoms with van der Waals surface area (Å²) in [5, 5.41) is 17.3. The van der Waals surface area contributed by atoms with Crippen LogP contribution in [-0.2, 0) is 0 Å². The summed E-state index contributed by atoms with van der Waals surface area (Å²) in [6.07, 6.45) is 8.23. The molecule has 3 heterocycles. The van der Waals surface area contributed by atoms with E-state index in [4.69, 9.17) is 4.74 Å². The van der Waals surface area contributed by atoms with Crippen LogP contribution < -0.4 is 15.4 Å². The van der Waals surface area contributed by atoms with Crippen molar-refractivity contribution in [1.29, 1.82) is 0 Å². The quantitative estimate of drug-likeness (QED) is 0.361. The normalized spacial score (nSPS) is 20.1. The highest BCUT2D eigenvalue weighted by molar-refractivity contribution is 5.96. The highest BCUT2D eigenvalue weighted by Gasteiger charge is 2.23. The van der Waals surface area contributed by atoms with E-state index in [1.165, 1.54) is 12.1 Å². The monoisotopic (exact) mass is 507 g/mol. The number of pyridine rings is 1. The fraction of sp³-hybridized carbons (Fsp3) is 0.429. The predicted octanol–water partition coefficient (Wildman–Crippen LogP) is 4.07. The molecule has 4 N–H and O–H groups in total. The maximum absolute atomic E-state index is 14.0. The Morgan fingerprint density at radius 2 is 2.08 bits per heavy atom. The van der Waals surface area contributed by atoms with Crippen molar-refractivity contribution in [2.45, 2.75) is 44.2 Å². The topological polar surface area (TPSA) is 103 Å². The number of fused-ring (bicyclic) bond motifs is 1. The zero-order valence-electron chi connectivity index (χ0n) is 21.1. The molecule has 1 aromatic carbocycles. The summed E-state index contributed by atoms with van der Waals surface area (Å²) >= 11 is 0. The van der Waals surface area contributed by atoms with Crippen molar-refractivity contribution in [3.8, 4) is 16.9 Å². The average molecular weight is 508 g/mol. The number of carbonyl (C=O) groups is 1. The molecule has 1 fully saturated rings. The van der Waals surface area contributed by atoms with Gasteiger partial charge in [-0.05, 0) is 60.7 Å². The van der Waals surface area contributed by atoms with Crippen LogP contribution in [0.3, 0.4) is 0 Å². The summed E-state index contributed by atoms with van der Waals surface area (Å²) in [6, 6.07) is 8.43. The molecule has 1 aliphatic heterocycles. The summed E-state index contributed by atoms with van der Waals surface area (Å²) in [6.45, 7) is 2.29. The second-order valence-electron chi connectivity index (χ2n) is 9.72. The number of methoxy groups -OCH3 is 1. The Hall–Kier alpha value is -3.43. The van der Waals surface area contributed by atoms with Crippen LogP contribution in [0.2, 0.25) is 0 Å². The van der Waals surface area contributed by atoms with E-state index in [1.807, 2.05) is 12.1 Å². The first-order valence-electron chi connectivity index (χ1n) is 13.0. The van der Waals surface area contributed by atoms with E-state index in [2.05, 4.69) is 26.7 Å².